The van der Waals surface area contributed by atoms with Crippen LogP contribution in [0.1, 0.15) is 16.8 Å². The zero-order valence-electron chi connectivity index (χ0n) is 16.5. The van der Waals surface area contributed by atoms with E-state index in [0.717, 1.165) is 22.2 Å². The number of benzene rings is 3. The molecule has 4 rings (SSSR count). The molecule has 1 heterocycles. The average Bonchev–Trinajstić information content (AvgIpc) is 3.14. The first-order chi connectivity index (χ1) is 14.9. The molecule has 0 saturated heterocycles. The summed E-state index contributed by atoms with van der Waals surface area (Å²) in [5.74, 6) is -0.706. The van der Waals surface area contributed by atoms with Gasteiger partial charge in [-0.3, -0.25) is 0 Å². The maximum atomic E-state index is 13.3. The Morgan fingerprint density at radius 3 is 2.32 bits per heavy atom. The van der Waals surface area contributed by atoms with E-state index in [1.54, 1.807) is 24.3 Å². The zero-order valence-corrected chi connectivity index (χ0v) is 17.3. The molecule has 8 heteroatoms. The number of aromatic nitrogens is 1. The molecular formula is C23H21F2N3O2S. The lowest BCUT2D eigenvalue weighted by molar-refractivity contribution is 0.580. The number of hydrogen-bond donors (Lipinski definition) is 3. The molecule has 160 valence electrons. The summed E-state index contributed by atoms with van der Waals surface area (Å²) in [5, 5.41) is 4.18. The number of sulfonamides is 1. The van der Waals surface area contributed by atoms with Gasteiger partial charge < -0.3 is 10.3 Å². The predicted molar refractivity (Wildman–Crippen MR) is 116 cm³/mol. The van der Waals surface area contributed by atoms with Crippen LogP contribution in [0.15, 0.2) is 77.7 Å². The standard InChI is InChI=1S/C23H21F2N3O2S/c24-19-5-1-3-16(9-19)14-27-31(29,30)22-6-2-4-17(10-22)13-26-15-21-11-18-7-8-20(25)12-23(18)28-21/h1-12,26-28H,13-15H2. The topological polar surface area (TPSA) is 74.0 Å². The van der Waals surface area contributed by atoms with Gasteiger partial charge in [0.1, 0.15) is 11.6 Å². The lowest BCUT2D eigenvalue weighted by Crippen LogP contribution is -2.23. The van der Waals surface area contributed by atoms with Crippen molar-refractivity contribution in [2.75, 3.05) is 0 Å². The van der Waals surface area contributed by atoms with Crippen molar-refractivity contribution >= 4 is 20.9 Å². The van der Waals surface area contributed by atoms with Crippen LogP contribution in [-0.4, -0.2) is 13.4 Å². The first-order valence-electron chi connectivity index (χ1n) is 9.70. The molecule has 0 spiro atoms. The minimum atomic E-state index is -3.73. The molecule has 31 heavy (non-hydrogen) atoms. The first kappa shape index (κ1) is 21.2. The summed E-state index contributed by atoms with van der Waals surface area (Å²) in [7, 11) is -3.73. The predicted octanol–water partition coefficient (Wildman–Crippen LogP) is 4.21. The molecule has 0 bridgehead atoms. The lowest BCUT2D eigenvalue weighted by atomic mass is 10.2. The molecule has 5 nitrogen and oxygen atoms in total. The second-order valence-corrected chi connectivity index (χ2v) is 9.00. The van der Waals surface area contributed by atoms with Gasteiger partial charge in [-0.05, 0) is 65.0 Å². The third-order valence-electron chi connectivity index (χ3n) is 4.85. The van der Waals surface area contributed by atoms with Crippen molar-refractivity contribution in [3.8, 4) is 0 Å². The van der Waals surface area contributed by atoms with E-state index >= 15 is 0 Å². The van der Waals surface area contributed by atoms with Crippen LogP contribution in [0.25, 0.3) is 10.9 Å². The third kappa shape index (κ3) is 5.35. The van der Waals surface area contributed by atoms with Gasteiger partial charge in [0.05, 0.1) is 4.90 Å². The molecule has 0 fully saturated rings. The first-order valence-corrected chi connectivity index (χ1v) is 11.2. The minimum Gasteiger partial charge on any atom is -0.357 e. The Bertz CT molecular complexity index is 1320. The Labute approximate surface area is 179 Å². The van der Waals surface area contributed by atoms with Crippen LogP contribution >= 0.6 is 0 Å². The maximum absolute atomic E-state index is 13.3. The molecule has 3 aromatic carbocycles. The molecule has 4 aromatic rings. The molecule has 0 aliphatic carbocycles. The fourth-order valence-corrected chi connectivity index (χ4v) is 4.41. The fourth-order valence-electron chi connectivity index (χ4n) is 3.33. The highest BCUT2D eigenvalue weighted by atomic mass is 32.2. The Morgan fingerprint density at radius 2 is 1.52 bits per heavy atom. The Hall–Kier alpha value is -3.07. The molecule has 0 unspecified atom stereocenters. The molecule has 0 saturated carbocycles. The van der Waals surface area contributed by atoms with Crippen LogP contribution in [0.2, 0.25) is 0 Å². The molecule has 0 amide bonds. The average molecular weight is 442 g/mol. The highest BCUT2D eigenvalue weighted by molar-refractivity contribution is 7.89. The van der Waals surface area contributed by atoms with E-state index in [0.29, 0.717) is 18.7 Å². The SMILES string of the molecule is O=S(=O)(NCc1cccc(F)c1)c1cccc(CNCc2cc3ccc(F)cc3[nH]2)c1. The summed E-state index contributed by atoms with van der Waals surface area (Å²) >= 11 is 0. The van der Waals surface area contributed by atoms with E-state index in [-0.39, 0.29) is 17.3 Å². The van der Waals surface area contributed by atoms with Gasteiger partial charge in [-0.2, -0.15) is 0 Å². The van der Waals surface area contributed by atoms with Crippen LogP contribution in [0.3, 0.4) is 0 Å². The lowest BCUT2D eigenvalue weighted by Gasteiger charge is -2.09. The monoisotopic (exact) mass is 441 g/mol. The van der Waals surface area contributed by atoms with Crippen LogP contribution < -0.4 is 10.0 Å². The zero-order chi connectivity index (χ0) is 21.8. The van der Waals surface area contributed by atoms with Crippen LogP contribution in [-0.2, 0) is 29.7 Å². The van der Waals surface area contributed by atoms with Crippen molar-refractivity contribution in [3.05, 3.63) is 101 Å². The number of halogens is 2. The molecule has 3 N–H and O–H groups in total. The second-order valence-electron chi connectivity index (χ2n) is 7.23. The van der Waals surface area contributed by atoms with Gasteiger partial charge in [-0.15, -0.1) is 0 Å². The van der Waals surface area contributed by atoms with E-state index in [1.807, 2.05) is 12.1 Å². The van der Waals surface area contributed by atoms with Crippen molar-refractivity contribution in [1.29, 1.82) is 0 Å². The number of nitrogens with one attached hydrogen (secondary N) is 3. The normalized spacial score (nSPS) is 11.8. The van der Waals surface area contributed by atoms with Crippen molar-refractivity contribution in [2.45, 2.75) is 24.5 Å². The van der Waals surface area contributed by atoms with Crippen molar-refractivity contribution in [1.82, 2.24) is 15.0 Å². The van der Waals surface area contributed by atoms with Gasteiger partial charge in [0, 0.05) is 30.8 Å². The summed E-state index contributed by atoms with van der Waals surface area (Å²) in [6.07, 6.45) is 0. The van der Waals surface area contributed by atoms with Gasteiger partial charge in [-0.1, -0.05) is 24.3 Å². The quantitative estimate of drug-likeness (QED) is 0.383. The minimum absolute atomic E-state index is 0.00352. The number of rotatable bonds is 8. The molecule has 0 aliphatic rings. The largest absolute Gasteiger partial charge is 0.357 e. The van der Waals surface area contributed by atoms with Gasteiger partial charge in [-0.25, -0.2) is 21.9 Å². The molecular weight excluding hydrogens is 420 g/mol. The van der Waals surface area contributed by atoms with Crippen molar-refractivity contribution < 1.29 is 17.2 Å². The van der Waals surface area contributed by atoms with Gasteiger partial charge in [0.25, 0.3) is 0 Å². The molecule has 1 aromatic heterocycles. The van der Waals surface area contributed by atoms with Gasteiger partial charge in [0.2, 0.25) is 10.0 Å². The summed E-state index contributed by atoms with van der Waals surface area (Å²) in [6.45, 7) is 0.978. The van der Waals surface area contributed by atoms with Gasteiger partial charge in [0.15, 0.2) is 0 Å². The van der Waals surface area contributed by atoms with Crippen LogP contribution in [0, 0.1) is 11.6 Å². The van der Waals surface area contributed by atoms with E-state index in [1.165, 1.54) is 36.4 Å². The smallest absolute Gasteiger partial charge is 0.240 e. The summed E-state index contributed by atoms with van der Waals surface area (Å²) in [6, 6.07) is 19.0. The Morgan fingerprint density at radius 1 is 0.774 bits per heavy atom. The summed E-state index contributed by atoms with van der Waals surface area (Å²) in [5.41, 5.74) is 2.98. The number of aromatic amines is 1. The van der Waals surface area contributed by atoms with E-state index < -0.39 is 15.8 Å². The highest BCUT2D eigenvalue weighted by Crippen LogP contribution is 2.17. The maximum Gasteiger partial charge on any atom is 0.240 e. The van der Waals surface area contributed by atoms with E-state index in [4.69, 9.17) is 0 Å². The van der Waals surface area contributed by atoms with Crippen molar-refractivity contribution in [3.63, 3.8) is 0 Å². The fraction of sp³-hybridized carbons (Fsp3) is 0.130. The van der Waals surface area contributed by atoms with Crippen molar-refractivity contribution in [2.24, 2.45) is 0 Å². The molecule has 0 atom stereocenters. The molecule has 0 aliphatic heterocycles. The highest BCUT2D eigenvalue weighted by Gasteiger charge is 2.14. The van der Waals surface area contributed by atoms with E-state index in [2.05, 4.69) is 15.0 Å². The summed E-state index contributed by atoms with van der Waals surface area (Å²) in [4.78, 5) is 3.30. The number of hydrogen-bond acceptors (Lipinski definition) is 3. The van der Waals surface area contributed by atoms with E-state index in [9.17, 15) is 17.2 Å². The Kier molecular flexibility index (Phi) is 6.13. The van der Waals surface area contributed by atoms with Crippen LogP contribution in [0.5, 0.6) is 0 Å². The number of H-pyrrole nitrogens is 1. The molecule has 0 radical (unpaired) electrons. The number of fused-ring (bicyclic) bond motifs is 1. The summed E-state index contributed by atoms with van der Waals surface area (Å²) < 4.78 is 54.3. The Balaban J connectivity index is 1.37. The van der Waals surface area contributed by atoms with Crippen LogP contribution in [0.4, 0.5) is 8.78 Å². The second kappa shape index (κ2) is 8.97. The van der Waals surface area contributed by atoms with Gasteiger partial charge >= 0.3 is 0 Å². The third-order valence-corrected chi connectivity index (χ3v) is 6.25.